The summed E-state index contributed by atoms with van der Waals surface area (Å²) in [5.41, 5.74) is 0.137. The fraction of sp³-hybridized carbons (Fsp3) is 0.417. The third kappa shape index (κ3) is 6.21. The van der Waals surface area contributed by atoms with Gasteiger partial charge >= 0.3 is 0 Å². The van der Waals surface area contributed by atoms with Crippen molar-refractivity contribution in [1.29, 1.82) is 0 Å². The standard InChI is InChI=1S/C24H29FN4O4/c1-31-22-7-6-19(14-23(22)32-13-12-29-17-26-27-18-29)15-28-10-8-24(30,9-11-28)16-33-21-5-3-2-4-20(21)25/h2-7,14,17-18,30H,8-13,15-16H2,1H3. The lowest BCUT2D eigenvalue weighted by Gasteiger charge is -2.38. The van der Waals surface area contributed by atoms with Crippen molar-refractivity contribution in [3.63, 3.8) is 0 Å². The molecule has 8 nitrogen and oxygen atoms in total. The van der Waals surface area contributed by atoms with Crippen LogP contribution in [0.25, 0.3) is 0 Å². The quantitative estimate of drug-likeness (QED) is 0.502. The number of methoxy groups -OCH3 is 1. The highest BCUT2D eigenvalue weighted by atomic mass is 19.1. The second-order valence-corrected chi connectivity index (χ2v) is 8.25. The van der Waals surface area contributed by atoms with Crippen molar-refractivity contribution in [2.75, 3.05) is 33.4 Å². The molecule has 1 aliphatic heterocycles. The van der Waals surface area contributed by atoms with E-state index >= 15 is 0 Å². The van der Waals surface area contributed by atoms with E-state index in [0.717, 1.165) is 12.1 Å². The van der Waals surface area contributed by atoms with E-state index in [9.17, 15) is 9.50 Å². The van der Waals surface area contributed by atoms with Gasteiger partial charge in [0, 0.05) is 19.6 Å². The Morgan fingerprint density at radius 2 is 1.76 bits per heavy atom. The van der Waals surface area contributed by atoms with Gasteiger partial charge in [0.25, 0.3) is 0 Å². The number of aliphatic hydroxyl groups is 1. The Hall–Kier alpha value is -3.17. The van der Waals surface area contributed by atoms with Gasteiger partial charge in [0.1, 0.15) is 31.5 Å². The summed E-state index contributed by atoms with van der Waals surface area (Å²) < 4.78 is 32.5. The Morgan fingerprint density at radius 3 is 2.48 bits per heavy atom. The second-order valence-electron chi connectivity index (χ2n) is 8.25. The molecule has 1 N–H and O–H groups in total. The lowest BCUT2D eigenvalue weighted by atomic mass is 9.92. The molecule has 1 saturated heterocycles. The topological polar surface area (TPSA) is 81.9 Å². The average Bonchev–Trinajstić information content (AvgIpc) is 3.34. The molecule has 176 valence electrons. The summed E-state index contributed by atoms with van der Waals surface area (Å²) in [4.78, 5) is 2.28. The lowest BCUT2D eigenvalue weighted by molar-refractivity contribution is -0.0543. The molecule has 3 aromatic rings. The van der Waals surface area contributed by atoms with Crippen molar-refractivity contribution in [2.24, 2.45) is 0 Å². The Balaban J connectivity index is 1.29. The van der Waals surface area contributed by atoms with E-state index in [1.165, 1.54) is 6.07 Å². The van der Waals surface area contributed by atoms with E-state index in [0.29, 0.717) is 50.6 Å². The van der Waals surface area contributed by atoms with Gasteiger partial charge in [-0.2, -0.15) is 0 Å². The highest BCUT2D eigenvalue weighted by Gasteiger charge is 2.33. The summed E-state index contributed by atoms with van der Waals surface area (Å²) in [6.45, 7) is 3.35. The number of hydrogen-bond donors (Lipinski definition) is 1. The molecule has 9 heteroatoms. The molecule has 0 bridgehead atoms. The first-order valence-corrected chi connectivity index (χ1v) is 11.0. The molecule has 0 unspecified atom stereocenters. The SMILES string of the molecule is COc1ccc(CN2CCC(O)(COc3ccccc3F)CC2)cc1OCCn1cnnc1. The molecule has 4 rings (SSSR count). The molecule has 33 heavy (non-hydrogen) atoms. The van der Waals surface area contributed by atoms with Crippen LogP contribution in [0.4, 0.5) is 4.39 Å². The van der Waals surface area contributed by atoms with Gasteiger partial charge in [-0.3, -0.25) is 4.90 Å². The number of rotatable bonds is 10. The summed E-state index contributed by atoms with van der Waals surface area (Å²) in [7, 11) is 1.62. The van der Waals surface area contributed by atoms with Crippen LogP contribution in [0.2, 0.25) is 0 Å². The number of benzene rings is 2. The van der Waals surface area contributed by atoms with Gasteiger partial charge in [-0.05, 0) is 42.7 Å². The molecule has 0 saturated carbocycles. The lowest BCUT2D eigenvalue weighted by Crippen LogP contribution is -2.47. The maximum atomic E-state index is 13.8. The molecular formula is C24H29FN4O4. The minimum absolute atomic E-state index is 0.0781. The summed E-state index contributed by atoms with van der Waals surface area (Å²) in [6.07, 6.45) is 4.41. The zero-order valence-electron chi connectivity index (χ0n) is 18.7. The number of hydrogen-bond acceptors (Lipinski definition) is 7. The largest absolute Gasteiger partial charge is 0.493 e. The van der Waals surface area contributed by atoms with Crippen molar-refractivity contribution in [1.82, 2.24) is 19.7 Å². The Bertz CT molecular complexity index is 1020. The Morgan fingerprint density at radius 1 is 1.00 bits per heavy atom. The molecule has 0 atom stereocenters. The van der Waals surface area contributed by atoms with Crippen LogP contribution in [0.15, 0.2) is 55.1 Å². The van der Waals surface area contributed by atoms with Gasteiger partial charge in [-0.15, -0.1) is 10.2 Å². The highest BCUT2D eigenvalue weighted by Crippen LogP contribution is 2.30. The van der Waals surface area contributed by atoms with Gasteiger partial charge < -0.3 is 23.9 Å². The van der Waals surface area contributed by atoms with Crippen molar-refractivity contribution in [3.05, 3.63) is 66.5 Å². The van der Waals surface area contributed by atoms with Gasteiger partial charge in [-0.1, -0.05) is 18.2 Å². The normalized spacial score (nSPS) is 15.8. The summed E-state index contributed by atoms with van der Waals surface area (Å²) >= 11 is 0. The van der Waals surface area contributed by atoms with Crippen molar-refractivity contribution >= 4 is 0 Å². The predicted octanol–water partition coefficient (Wildman–Crippen LogP) is 2.91. The first-order chi connectivity index (χ1) is 16.0. The molecule has 2 heterocycles. The van der Waals surface area contributed by atoms with E-state index < -0.39 is 11.4 Å². The van der Waals surface area contributed by atoms with E-state index in [-0.39, 0.29) is 12.4 Å². The third-order valence-corrected chi connectivity index (χ3v) is 5.83. The number of piperidine rings is 1. The van der Waals surface area contributed by atoms with Gasteiger partial charge in [0.2, 0.25) is 0 Å². The van der Waals surface area contributed by atoms with E-state index in [1.54, 1.807) is 38.0 Å². The molecule has 1 aliphatic rings. The number of para-hydroxylation sites is 1. The number of likely N-dealkylation sites (tertiary alicyclic amines) is 1. The molecule has 1 aromatic heterocycles. The van der Waals surface area contributed by atoms with E-state index in [4.69, 9.17) is 14.2 Å². The van der Waals surface area contributed by atoms with E-state index in [2.05, 4.69) is 15.1 Å². The van der Waals surface area contributed by atoms with Gasteiger partial charge in [-0.25, -0.2) is 4.39 Å². The molecular weight excluding hydrogens is 427 g/mol. The zero-order valence-corrected chi connectivity index (χ0v) is 18.7. The van der Waals surface area contributed by atoms with Crippen LogP contribution < -0.4 is 14.2 Å². The fourth-order valence-electron chi connectivity index (χ4n) is 3.83. The summed E-state index contributed by atoms with van der Waals surface area (Å²) in [5.74, 6) is 1.12. The van der Waals surface area contributed by atoms with Gasteiger partial charge in [0.05, 0.1) is 13.7 Å². The van der Waals surface area contributed by atoms with Crippen LogP contribution in [0.1, 0.15) is 18.4 Å². The first-order valence-electron chi connectivity index (χ1n) is 11.0. The van der Waals surface area contributed by atoms with Crippen LogP contribution in [-0.4, -0.2) is 63.8 Å². The van der Waals surface area contributed by atoms with E-state index in [1.807, 2.05) is 22.8 Å². The molecule has 1 fully saturated rings. The number of nitrogens with zero attached hydrogens (tertiary/aromatic N) is 4. The maximum absolute atomic E-state index is 13.8. The van der Waals surface area contributed by atoms with Crippen LogP contribution in [0.3, 0.4) is 0 Å². The van der Waals surface area contributed by atoms with Crippen molar-refractivity contribution < 1.29 is 23.7 Å². The van der Waals surface area contributed by atoms with Gasteiger partial charge in [0.15, 0.2) is 23.1 Å². The average molecular weight is 457 g/mol. The first kappa shape index (κ1) is 23.0. The smallest absolute Gasteiger partial charge is 0.165 e. The minimum Gasteiger partial charge on any atom is -0.493 e. The monoisotopic (exact) mass is 456 g/mol. The van der Waals surface area contributed by atoms with Crippen LogP contribution in [-0.2, 0) is 13.1 Å². The third-order valence-electron chi connectivity index (χ3n) is 5.83. The number of halogens is 1. The maximum Gasteiger partial charge on any atom is 0.165 e. The molecule has 0 aliphatic carbocycles. The van der Waals surface area contributed by atoms with Crippen molar-refractivity contribution in [2.45, 2.75) is 31.5 Å². The van der Waals surface area contributed by atoms with Crippen molar-refractivity contribution in [3.8, 4) is 17.2 Å². The number of aromatic nitrogens is 3. The summed E-state index contributed by atoms with van der Waals surface area (Å²) in [5, 5.41) is 18.4. The fourth-order valence-corrected chi connectivity index (χ4v) is 3.83. The summed E-state index contributed by atoms with van der Waals surface area (Å²) in [6, 6.07) is 12.2. The van der Waals surface area contributed by atoms with Crippen LogP contribution in [0.5, 0.6) is 17.2 Å². The zero-order chi connectivity index (χ0) is 23.1. The highest BCUT2D eigenvalue weighted by molar-refractivity contribution is 5.43. The molecule has 0 amide bonds. The number of ether oxygens (including phenoxy) is 3. The minimum atomic E-state index is -0.963. The van der Waals surface area contributed by atoms with Crippen LogP contribution >= 0.6 is 0 Å². The predicted molar refractivity (Wildman–Crippen MR) is 120 cm³/mol. The van der Waals surface area contributed by atoms with Crippen LogP contribution in [0, 0.1) is 5.82 Å². The molecule has 0 spiro atoms. The molecule has 2 aromatic carbocycles. The molecule has 0 radical (unpaired) electrons. The Kier molecular flexibility index (Phi) is 7.41. The second kappa shape index (κ2) is 10.6. The Labute approximate surface area is 192 Å².